The maximum absolute atomic E-state index is 13.9. The Labute approximate surface area is 173 Å². The number of hydrogen-bond donors (Lipinski definition) is 2. The Morgan fingerprint density at radius 3 is 2.55 bits per heavy atom. The molecule has 0 aliphatic rings. The fourth-order valence-electron chi connectivity index (χ4n) is 2.77. The molecule has 0 radical (unpaired) electrons. The lowest BCUT2D eigenvalue weighted by molar-refractivity contribution is 0.0688. The second-order valence-electron chi connectivity index (χ2n) is 6.07. The fourth-order valence-corrected chi connectivity index (χ4v) is 3.23. The van der Waals surface area contributed by atoms with Crippen LogP contribution in [0.4, 0.5) is 18.9 Å². The van der Waals surface area contributed by atoms with Crippen molar-refractivity contribution in [3.63, 3.8) is 0 Å². The molecule has 0 amide bonds. The number of nitrogens with one attached hydrogen (secondary N) is 1. The van der Waals surface area contributed by atoms with Crippen molar-refractivity contribution in [1.29, 1.82) is 0 Å². The van der Waals surface area contributed by atoms with E-state index in [9.17, 15) is 23.1 Å². The van der Waals surface area contributed by atoms with Gasteiger partial charge in [0.1, 0.15) is 5.15 Å². The predicted octanol–water partition coefficient (Wildman–Crippen LogP) is 5.01. The van der Waals surface area contributed by atoms with Gasteiger partial charge in [0.15, 0.2) is 23.1 Å². The first kappa shape index (κ1) is 21.0. The molecule has 3 aromatic rings. The van der Waals surface area contributed by atoms with Crippen LogP contribution in [0.25, 0.3) is 0 Å². The fraction of sp³-hybridized carbons (Fsp3) is 0.158. The number of aromatic nitrogens is 2. The molecule has 0 bridgehead atoms. The monoisotopic (exact) mass is 443 g/mol. The molecule has 0 unspecified atom stereocenters. The van der Waals surface area contributed by atoms with E-state index in [0.29, 0.717) is 0 Å². The molecule has 1 aromatic heterocycles. The molecular weight excluding hydrogens is 430 g/mol. The first-order valence-electron chi connectivity index (χ1n) is 8.38. The standard InChI is InChI=1S/C19H14Cl2F3N3O2/c20-12-4-2-6-14(16(12)24)25-8-7-11-17(19(28)29)26-27(18(11)21)9-10-3-1-5-13(22)15(10)23/h1-6,25H,7-9H2,(H,28,29). The van der Waals surface area contributed by atoms with E-state index in [4.69, 9.17) is 23.2 Å². The molecular formula is C19H14Cl2F3N3O2. The Balaban J connectivity index is 1.82. The van der Waals surface area contributed by atoms with Crippen LogP contribution in [0.3, 0.4) is 0 Å². The van der Waals surface area contributed by atoms with E-state index in [0.717, 1.165) is 10.7 Å². The molecule has 10 heteroatoms. The first-order valence-corrected chi connectivity index (χ1v) is 9.14. The highest BCUT2D eigenvalue weighted by atomic mass is 35.5. The van der Waals surface area contributed by atoms with E-state index in [-0.39, 0.29) is 52.2 Å². The van der Waals surface area contributed by atoms with Crippen molar-refractivity contribution < 1.29 is 23.1 Å². The van der Waals surface area contributed by atoms with Crippen LogP contribution in [0, 0.1) is 17.5 Å². The zero-order valence-corrected chi connectivity index (χ0v) is 16.2. The Hall–Kier alpha value is -2.71. The van der Waals surface area contributed by atoms with Crippen molar-refractivity contribution in [2.75, 3.05) is 11.9 Å². The Morgan fingerprint density at radius 2 is 1.83 bits per heavy atom. The average Bonchev–Trinajstić information content (AvgIpc) is 2.99. The highest BCUT2D eigenvalue weighted by molar-refractivity contribution is 6.31. The number of halogens is 5. The van der Waals surface area contributed by atoms with Gasteiger partial charge >= 0.3 is 5.97 Å². The molecule has 2 aromatic carbocycles. The van der Waals surface area contributed by atoms with Crippen molar-refractivity contribution in [3.05, 3.63) is 80.8 Å². The van der Waals surface area contributed by atoms with E-state index < -0.39 is 23.4 Å². The lowest BCUT2D eigenvalue weighted by Crippen LogP contribution is -2.09. The largest absolute Gasteiger partial charge is 0.476 e. The van der Waals surface area contributed by atoms with Gasteiger partial charge in [0, 0.05) is 17.7 Å². The molecule has 1 heterocycles. The second-order valence-corrected chi connectivity index (χ2v) is 6.84. The molecule has 2 N–H and O–H groups in total. The number of carboxylic acids is 1. The summed E-state index contributed by atoms with van der Waals surface area (Å²) < 4.78 is 42.3. The summed E-state index contributed by atoms with van der Waals surface area (Å²) in [5.74, 6) is -4.04. The molecule has 0 aliphatic heterocycles. The Bertz CT molecular complexity index is 1070. The normalized spacial score (nSPS) is 10.9. The third kappa shape index (κ3) is 4.49. The molecule has 0 saturated heterocycles. The van der Waals surface area contributed by atoms with Crippen LogP contribution in [0.5, 0.6) is 0 Å². The van der Waals surface area contributed by atoms with Crippen molar-refractivity contribution in [2.24, 2.45) is 0 Å². The van der Waals surface area contributed by atoms with Gasteiger partial charge in [-0.1, -0.05) is 41.4 Å². The van der Waals surface area contributed by atoms with Gasteiger partial charge in [0.2, 0.25) is 0 Å². The highest BCUT2D eigenvalue weighted by Gasteiger charge is 2.22. The van der Waals surface area contributed by atoms with Crippen LogP contribution in [-0.2, 0) is 13.0 Å². The first-order chi connectivity index (χ1) is 13.8. The summed E-state index contributed by atoms with van der Waals surface area (Å²) in [7, 11) is 0. The molecule has 29 heavy (non-hydrogen) atoms. The molecule has 152 valence electrons. The second kappa shape index (κ2) is 8.75. The SMILES string of the molecule is O=C(O)c1nn(Cc2cccc(F)c2F)c(Cl)c1CCNc1cccc(Cl)c1F. The van der Waals surface area contributed by atoms with Crippen molar-refractivity contribution in [1.82, 2.24) is 9.78 Å². The highest BCUT2D eigenvalue weighted by Crippen LogP contribution is 2.25. The summed E-state index contributed by atoms with van der Waals surface area (Å²) >= 11 is 12.0. The van der Waals surface area contributed by atoms with Crippen LogP contribution >= 0.6 is 23.2 Å². The van der Waals surface area contributed by atoms with Crippen LogP contribution in [0.2, 0.25) is 10.2 Å². The lowest BCUT2D eigenvalue weighted by atomic mass is 10.1. The number of anilines is 1. The van der Waals surface area contributed by atoms with Gasteiger partial charge in [0.25, 0.3) is 0 Å². The number of nitrogens with zero attached hydrogens (tertiary/aromatic N) is 2. The van der Waals surface area contributed by atoms with E-state index >= 15 is 0 Å². The van der Waals surface area contributed by atoms with Gasteiger partial charge < -0.3 is 10.4 Å². The van der Waals surface area contributed by atoms with E-state index in [2.05, 4.69) is 10.4 Å². The lowest BCUT2D eigenvalue weighted by Gasteiger charge is -2.09. The van der Waals surface area contributed by atoms with Crippen molar-refractivity contribution >= 4 is 34.9 Å². The molecule has 5 nitrogen and oxygen atoms in total. The van der Waals surface area contributed by atoms with Crippen molar-refractivity contribution in [3.8, 4) is 0 Å². The van der Waals surface area contributed by atoms with Crippen LogP contribution in [0.1, 0.15) is 21.6 Å². The minimum absolute atomic E-state index is 0.0283. The maximum atomic E-state index is 13.9. The maximum Gasteiger partial charge on any atom is 0.356 e. The molecule has 0 aliphatic carbocycles. The summed E-state index contributed by atoms with van der Waals surface area (Å²) in [6.07, 6.45) is 0.0953. The minimum atomic E-state index is -1.32. The van der Waals surface area contributed by atoms with Crippen LogP contribution in [0.15, 0.2) is 36.4 Å². The number of hydrogen-bond acceptors (Lipinski definition) is 3. The predicted molar refractivity (Wildman–Crippen MR) is 103 cm³/mol. The molecule has 0 fully saturated rings. The molecule has 3 rings (SSSR count). The van der Waals surface area contributed by atoms with E-state index in [1.807, 2.05) is 0 Å². The number of benzene rings is 2. The molecule has 0 atom stereocenters. The minimum Gasteiger partial charge on any atom is -0.476 e. The Kier molecular flexibility index (Phi) is 6.34. The van der Waals surface area contributed by atoms with Gasteiger partial charge in [-0.05, 0) is 24.6 Å². The third-order valence-electron chi connectivity index (χ3n) is 4.18. The van der Waals surface area contributed by atoms with Gasteiger partial charge in [-0.15, -0.1) is 0 Å². The summed E-state index contributed by atoms with van der Waals surface area (Å²) in [5, 5.41) is 16.0. The number of aromatic carboxylic acids is 1. The number of carbonyl (C=O) groups is 1. The van der Waals surface area contributed by atoms with E-state index in [1.165, 1.54) is 24.3 Å². The van der Waals surface area contributed by atoms with Gasteiger partial charge in [0.05, 0.1) is 17.3 Å². The summed E-state index contributed by atoms with van der Waals surface area (Å²) in [6, 6.07) is 8.09. The number of carboxylic acid groups (broad SMARTS) is 1. The van der Waals surface area contributed by atoms with Crippen LogP contribution < -0.4 is 5.32 Å². The zero-order valence-electron chi connectivity index (χ0n) is 14.7. The van der Waals surface area contributed by atoms with Crippen LogP contribution in [-0.4, -0.2) is 27.4 Å². The summed E-state index contributed by atoms with van der Waals surface area (Å²) in [4.78, 5) is 11.5. The van der Waals surface area contributed by atoms with E-state index in [1.54, 1.807) is 6.07 Å². The topological polar surface area (TPSA) is 67.1 Å². The smallest absolute Gasteiger partial charge is 0.356 e. The van der Waals surface area contributed by atoms with Gasteiger partial charge in [-0.25, -0.2) is 22.6 Å². The number of rotatable bonds is 7. The quantitative estimate of drug-likeness (QED) is 0.538. The molecule has 0 saturated carbocycles. The molecule has 0 spiro atoms. The average molecular weight is 444 g/mol. The summed E-state index contributed by atoms with van der Waals surface area (Å²) in [5.41, 5.74) is -0.0113. The Morgan fingerprint density at radius 1 is 1.10 bits per heavy atom. The van der Waals surface area contributed by atoms with Gasteiger partial charge in [-0.3, -0.25) is 0 Å². The third-order valence-corrected chi connectivity index (χ3v) is 4.89. The van der Waals surface area contributed by atoms with Gasteiger partial charge in [-0.2, -0.15) is 5.10 Å². The summed E-state index contributed by atoms with van der Waals surface area (Å²) in [6.45, 7) is -0.115. The van der Waals surface area contributed by atoms with Crippen molar-refractivity contribution in [2.45, 2.75) is 13.0 Å². The zero-order chi connectivity index (χ0) is 21.1.